The highest BCUT2D eigenvalue weighted by Crippen LogP contribution is 2.42. The Morgan fingerprint density at radius 2 is 1.95 bits per heavy atom. The molecule has 0 aromatic rings. The van der Waals surface area contributed by atoms with Gasteiger partial charge in [0.05, 0.1) is 6.04 Å². The van der Waals surface area contributed by atoms with E-state index in [0.717, 1.165) is 38.5 Å². The van der Waals surface area contributed by atoms with Crippen LogP contribution in [0.3, 0.4) is 0 Å². The van der Waals surface area contributed by atoms with Crippen LogP contribution in [0.5, 0.6) is 0 Å². The van der Waals surface area contributed by atoms with E-state index in [1.807, 2.05) is 0 Å². The van der Waals surface area contributed by atoms with Crippen molar-refractivity contribution < 1.29 is 9.59 Å². The quantitative estimate of drug-likeness (QED) is 0.743. The van der Waals surface area contributed by atoms with Crippen LogP contribution in [0.4, 0.5) is 0 Å². The molecule has 5 nitrogen and oxygen atoms in total. The van der Waals surface area contributed by atoms with Crippen molar-refractivity contribution >= 4 is 11.8 Å². The molecule has 0 aromatic carbocycles. The van der Waals surface area contributed by atoms with Crippen molar-refractivity contribution in [3.05, 3.63) is 0 Å². The first-order valence-corrected chi connectivity index (χ1v) is 8.37. The van der Waals surface area contributed by atoms with Gasteiger partial charge in [0.15, 0.2) is 0 Å². The largest absolute Gasteiger partial charge is 0.317 e. The average Bonchev–Trinajstić information content (AvgIpc) is 2.48. The van der Waals surface area contributed by atoms with Gasteiger partial charge in [-0.05, 0) is 63.1 Å². The number of hydrogen-bond acceptors (Lipinski definition) is 4. The Kier molecular flexibility index (Phi) is 4.31. The lowest BCUT2D eigenvalue weighted by molar-refractivity contribution is -0.139. The maximum absolute atomic E-state index is 12.1. The summed E-state index contributed by atoms with van der Waals surface area (Å²) in [5.41, 5.74) is 0.322. The highest BCUT2D eigenvalue weighted by atomic mass is 16.2. The van der Waals surface area contributed by atoms with Crippen molar-refractivity contribution in [2.24, 2.45) is 11.3 Å². The number of nitrogens with zero attached hydrogens (tertiary/aromatic N) is 1. The minimum atomic E-state index is -0.116. The normalized spacial score (nSPS) is 36.5. The molecule has 2 unspecified atom stereocenters. The van der Waals surface area contributed by atoms with Crippen molar-refractivity contribution in [1.82, 2.24) is 15.5 Å². The predicted molar refractivity (Wildman–Crippen MR) is 80.7 cm³/mol. The van der Waals surface area contributed by atoms with E-state index in [9.17, 15) is 9.59 Å². The number of imide groups is 1. The standard InChI is InChI=1S/C16H27N3O2/c1-16(12-5-8-17-9-6-12)7-2-10-19(11-16)13-3-4-14(20)18-15(13)21/h12-13,17H,2-11H2,1H3,(H,18,20,21). The summed E-state index contributed by atoms with van der Waals surface area (Å²) in [5.74, 6) is 0.560. The monoisotopic (exact) mass is 293 g/mol. The molecule has 0 aliphatic carbocycles. The Bertz CT molecular complexity index is 420. The summed E-state index contributed by atoms with van der Waals surface area (Å²) < 4.78 is 0. The summed E-state index contributed by atoms with van der Waals surface area (Å²) in [6, 6.07) is -0.0935. The van der Waals surface area contributed by atoms with Gasteiger partial charge in [0, 0.05) is 13.0 Å². The molecule has 118 valence electrons. The molecule has 21 heavy (non-hydrogen) atoms. The van der Waals surface area contributed by atoms with Crippen LogP contribution in [-0.4, -0.2) is 48.9 Å². The fourth-order valence-corrected chi connectivity index (χ4v) is 4.46. The summed E-state index contributed by atoms with van der Waals surface area (Å²) in [6.07, 6.45) is 6.10. The molecule has 0 aromatic heterocycles. The first-order chi connectivity index (χ1) is 10.1. The lowest BCUT2D eigenvalue weighted by atomic mass is 9.67. The van der Waals surface area contributed by atoms with Crippen LogP contribution in [0.2, 0.25) is 0 Å². The third-order valence-electron chi connectivity index (χ3n) is 5.73. The second kappa shape index (κ2) is 6.05. The molecule has 3 heterocycles. The van der Waals surface area contributed by atoms with E-state index in [-0.39, 0.29) is 17.9 Å². The second-order valence-corrected chi connectivity index (χ2v) is 7.22. The Hall–Kier alpha value is -0.940. The van der Waals surface area contributed by atoms with E-state index in [1.54, 1.807) is 0 Å². The zero-order chi connectivity index (χ0) is 14.9. The van der Waals surface area contributed by atoms with Crippen molar-refractivity contribution in [3.63, 3.8) is 0 Å². The molecular formula is C16H27N3O2. The summed E-state index contributed by atoms with van der Waals surface area (Å²) in [4.78, 5) is 25.8. The zero-order valence-corrected chi connectivity index (χ0v) is 13.0. The third-order valence-corrected chi connectivity index (χ3v) is 5.73. The molecule has 3 aliphatic rings. The second-order valence-electron chi connectivity index (χ2n) is 7.22. The number of carbonyl (C=O) groups excluding carboxylic acids is 2. The Balaban J connectivity index is 1.67. The zero-order valence-electron chi connectivity index (χ0n) is 13.0. The van der Waals surface area contributed by atoms with E-state index in [2.05, 4.69) is 22.5 Å². The maximum Gasteiger partial charge on any atom is 0.243 e. The molecule has 2 N–H and O–H groups in total. The highest BCUT2D eigenvalue weighted by Gasteiger charge is 2.42. The van der Waals surface area contributed by atoms with Crippen molar-refractivity contribution in [3.8, 4) is 0 Å². The van der Waals surface area contributed by atoms with E-state index in [0.29, 0.717) is 18.3 Å². The van der Waals surface area contributed by atoms with Gasteiger partial charge in [-0.1, -0.05) is 6.92 Å². The predicted octanol–water partition coefficient (Wildman–Crippen LogP) is 0.893. The van der Waals surface area contributed by atoms with Gasteiger partial charge in [-0.2, -0.15) is 0 Å². The molecular weight excluding hydrogens is 266 g/mol. The lowest BCUT2D eigenvalue weighted by Gasteiger charge is -2.49. The first kappa shape index (κ1) is 15.0. The van der Waals surface area contributed by atoms with Crippen LogP contribution < -0.4 is 10.6 Å². The summed E-state index contributed by atoms with van der Waals surface area (Å²) in [6.45, 7) is 6.65. The van der Waals surface area contributed by atoms with Crippen LogP contribution in [0.25, 0.3) is 0 Å². The number of rotatable bonds is 2. The Labute approximate surface area is 126 Å². The molecule has 3 saturated heterocycles. The molecule has 0 spiro atoms. The van der Waals surface area contributed by atoms with Crippen LogP contribution in [0.15, 0.2) is 0 Å². The summed E-state index contributed by atoms with van der Waals surface area (Å²) in [5, 5.41) is 5.95. The number of hydrogen-bond donors (Lipinski definition) is 2. The van der Waals surface area contributed by atoms with Crippen molar-refractivity contribution in [2.45, 2.75) is 51.5 Å². The van der Waals surface area contributed by atoms with Crippen molar-refractivity contribution in [2.75, 3.05) is 26.2 Å². The van der Waals surface area contributed by atoms with Gasteiger partial charge in [-0.3, -0.25) is 19.8 Å². The molecule has 2 atom stereocenters. The molecule has 3 aliphatic heterocycles. The van der Waals surface area contributed by atoms with Gasteiger partial charge in [0.2, 0.25) is 11.8 Å². The van der Waals surface area contributed by atoms with Gasteiger partial charge in [-0.25, -0.2) is 0 Å². The van der Waals surface area contributed by atoms with Crippen LogP contribution in [0, 0.1) is 11.3 Å². The van der Waals surface area contributed by atoms with Crippen LogP contribution >= 0.6 is 0 Å². The Morgan fingerprint density at radius 3 is 2.67 bits per heavy atom. The third kappa shape index (κ3) is 3.14. The number of likely N-dealkylation sites (tertiary alicyclic amines) is 1. The number of carbonyl (C=O) groups is 2. The van der Waals surface area contributed by atoms with E-state index < -0.39 is 0 Å². The highest BCUT2D eigenvalue weighted by molar-refractivity contribution is 6.00. The van der Waals surface area contributed by atoms with E-state index >= 15 is 0 Å². The molecule has 0 saturated carbocycles. The lowest BCUT2D eigenvalue weighted by Crippen LogP contribution is -2.57. The SMILES string of the molecule is CC1(C2CCNCC2)CCCN(C2CCC(=O)NC2=O)C1. The van der Waals surface area contributed by atoms with E-state index in [1.165, 1.54) is 19.3 Å². The van der Waals surface area contributed by atoms with Gasteiger partial charge in [0.1, 0.15) is 0 Å². The molecule has 3 rings (SSSR count). The van der Waals surface area contributed by atoms with Gasteiger partial charge in [0.25, 0.3) is 0 Å². The molecule has 3 fully saturated rings. The Morgan fingerprint density at radius 1 is 1.19 bits per heavy atom. The minimum Gasteiger partial charge on any atom is -0.317 e. The van der Waals surface area contributed by atoms with Gasteiger partial charge >= 0.3 is 0 Å². The minimum absolute atomic E-state index is 0.0826. The number of piperidine rings is 3. The average molecular weight is 293 g/mol. The first-order valence-electron chi connectivity index (χ1n) is 8.37. The topological polar surface area (TPSA) is 61.4 Å². The smallest absolute Gasteiger partial charge is 0.243 e. The molecule has 5 heteroatoms. The fourth-order valence-electron chi connectivity index (χ4n) is 4.46. The van der Waals surface area contributed by atoms with Crippen LogP contribution in [-0.2, 0) is 9.59 Å². The van der Waals surface area contributed by atoms with Gasteiger partial charge in [-0.15, -0.1) is 0 Å². The number of amides is 2. The van der Waals surface area contributed by atoms with Crippen LogP contribution in [0.1, 0.15) is 45.4 Å². The summed E-state index contributed by atoms with van der Waals surface area (Å²) >= 11 is 0. The van der Waals surface area contributed by atoms with Crippen molar-refractivity contribution in [1.29, 1.82) is 0 Å². The molecule has 0 radical (unpaired) electrons. The molecule has 2 amide bonds. The number of nitrogens with one attached hydrogen (secondary N) is 2. The van der Waals surface area contributed by atoms with E-state index in [4.69, 9.17) is 0 Å². The molecule has 0 bridgehead atoms. The fraction of sp³-hybridized carbons (Fsp3) is 0.875. The van der Waals surface area contributed by atoms with Gasteiger partial charge < -0.3 is 5.32 Å². The maximum atomic E-state index is 12.1. The summed E-state index contributed by atoms with van der Waals surface area (Å²) in [7, 11) is 0.